The maximum atomic E-state index is 12.0. The summed E-state index contributed by atoms with van der Waals surface area (Å²) in [6.45, 7) is 5.94. The molecule has 0 bridgehead atoms. The zero-order valence-corrected chi connectivity index (χ0v) is 11.7. The summed E-state index contributed by atoms with van der Waals surface area (Å²) in [7, 11) is 0. The van der Waals surface area contributed by atoms with E-state index in [1.54, 1.807) is 6.92 Å². The highest BCUT2D eigenvalue weighted by atomic mass is 16.5. The normalized spacial score (nSPS) is 31.0. The van der Waals surface area contributed by atoms with Crippen molar-refractivity contribution in [1.82, 2.24) is 10.6 Å². The average molecular weight is 270 g/mol. The van der Waals surface area contributed by atoms with E-state index in [0.29, 0.717) is 5.92 Å². The van der Waals surface area contributed by atoms with Gasteiger partial charge in [-0.2, -0.15) is 0 Å². The van der Waals surface area contributed by atoms with Gasteiger partial charge in [0, 0.05) is 5.54 Å². The van der Waals surface area contributed by atoms with Crippen LogP contribution in [0.25, 0.3) is 0 Å². The van der Waals surface area contributed by atoms with E-state index in [0.717, 1.165) is 12.8 Å². The molecule has 2 aliphatic rings. The lowest BCUT2D eigenvalue weighted by Crippen LogP contribution is -2.56. The van der Waals surface area contributed by atoms with Crippen LogP contribution in [0.1, 0.15) is 33.6 Å². The molecule has 19 heavy (non-hydrogen) atoms. The molecule has 108 valence electrons. The molecular weight excluding hydrogens is 248 g/mol. The number of hydrogen-bond donors (Lipinski definition) is 3. The van der Waals surface area contributed by atoms with Crippen molar-refractivity contribution in [2.75, 3.05) is 13.2 Å². The van der Waals surface area contributed by atoms with Gasteiger partial charge < -0.3 is 20.5 Å². The minimum atomic E-state index is -1.05. The molecule has 1 saturated heterocycles. The van der Waals surface area contributed by atoms with Crippen LogP contribution in [-0.4, -0.2) is 41.9 Å². The van der Waals surface area contributed by atoms with Crippen LogP contribution >= 0.6 is 0 Å². The van der Waals surface area contributed by atoms with Gasteiger partial charge in [0.1, 0.15) is 5.41 Å². The lowest BCUT2D eigenvalue weighted by molar-refractivity contribution is -0.148. The monoisotopic (exact) mass is 270 g/mol. The summed E-state index contributed by atoms with van der Waals surface area (Å²) < 4.78 is 5.20. The smallest absolute Gasteiger partial charge is 0.315 e. The van der Waals surface area contributed by atoms with E-state index in [2.05, 4.69) is 10.6 Å². The second-order valence-corrected chi connectivity index (χ2v) is 6.38. The van der Waals surface area contributed by atoms with Crippen LogP contribution in [0.2, 0.25) is 0 Å². The van der Waals surface area contributed by atoms with E-state index in [1.807, 2.05) is 13.8 Å². The fourth-order valence-corrected chi connectivity index (χ4v) is 2.48. The van der Waals surface area contributed by atoms with Crippen molar-refractivity contribution in [1.29, 1.82) is 0 Å². The van der Waals surface area contributed by atoms with Gasteiger partial charge in [0.15, 0.2) is 0 Å². The Bertz CT molecular complexity index is 392. The molecular formula is C13H22N2O4. The number of carboxylic acid groups (broad SMARTS) is 1. The Morgan fingerprint density at radius 1 is 1.37 bits per heavy atom. The van der Waals surface area contributed by atoms with Crippen LogP contribution in [0.4, 0.5) is 4.79 Å². The quantitative estimate of drug-likeness (QED) is 0.710. The summed E-state index contributed by atoms with van der Waals surface area (Å²) in [5, 5.41) is 14.9. The fraction of sp³-hybridized carbons (Fsp3) is 0.846. The number of carbonyl (C=O) groups excluding carboxylic acids is 1. The lowest BCUT2D eigenvalue weighted by atomic mass is 9.85. The first-order valence-electron chi connectivity index (χ1n) is 6.65. The lowest BCUT2D eigenvalue weighted by Gasteiger charge is -2.30. The number of hydrogen-bond acceptors (Lipinski definition) is 3. The van der Waals surface area contributed by atoms with E-state index >= 15 is 0 Å². The van der Waals surface area contributed by atoms with Gasteiger partial charge >= 0.3 is 12.0 Å². The first-order chi connectivity index (χ1) is 8.75. The summed E-state index contributed by atoms with van der Waals surface area (Å²) >= 11 is 0. The minimum absolute atomic E-state index is 0.124. The van der Waals surface area contributed by atoms with Crippen LogP contribution in [0, 0.1) is 11.3 Å². The number of carbonyl (C=O) groups is 2. The van der Waals surface area contributed by atoms with Gasteiger partial charge in [0.2, 0.25) is 0 Å². The van der Waals surface area contributed by atoms with Gasteiger partial charge in [0.05, 0.1) is 19.3 Å². The highest BCUT2D eigenvalue weighted by Gasteiger charge is 2.48. The molecule has 3 N–H and O–H groups in total. The number of aliphatic carboxylic acids is 1. The van der Waals surface area contributed by atoms with Crippen molar-refractivity contribution in [3.05, 3.63) is 0 Å². The third kappa shape index (κ3) is 2.83. The Balaban J connectivity index is 1.93. The molecule has 0 spiro atoms. The first kappa shape index (κ1) is 14.1. The third-order valence-electron chi connectivity index (χ3n) is 4.28. The molecule has 0 aromatic heterocycles. The number of carboxylic acids is 1. The Labute approximate surface area is 112 Å². The van der Waals surface area contributed by atoms with Gasteiger partial charge in [-0.25, -0.2) is 4.79 Å². The molecule has 6 nitrogen and oxygen atoms in total. The van der Waals surface area contributed by atoms with Gasteiger partial charge in [-0.3, -0.25) is 4.79 Å². The molecule has 0 aromatic carbocycles. The number of ether oxygens (including phenoxy) is 1. The zero-order chi connectivity index (χ0) is 14.3. The van der Waals surface area contributed by atoms with Crippen molar-refractivity contribution in [3.8, 4) is 0 Å². The Morgan fingerprint density at radius 2 is 2.00 bits per heavy atom. The minimum Gasteiger partial charge on any atom is -0.481 e. The predicted octanol–water partition coefficient (Wildman–Crippen LogP) is 0.964. The molecule has 2 rings (SSSR count). The second-order valence-electron chi connectivity index (χ2n) is 6.38. The topological polar surface area (TPSA) is 87.7 Å². The predicted molar refractivity (Wildman–Crippen MR) is 68.8 cm³/mol. The number of nitrogens with one attached hydrogen (secondary N) is 2. The molecule has 1 aliphatic carbocycles. The van der Waals surface area contributed by atoms with Crippen molar-refractivity contribution in [2.24, 2.45) is 11.3 Å². The summed E-state index contributed by atoms with van der Waals surface area (Å²) in [5.74, 6) is -0.430. The SMILES string of the molecule is CC(C)(NC(=O)NC1COCC1(C)C(=O)O)C1CC1. The van der Waals surface area contributed by atoms with Gasteiger partial charge in [-0.15, -0.1) is 0 Å². The standard InChI is InChI=1S/C13H22N2O4/c1-12(2,8-4-5-8)15-11(18)14-9-6-19-7-13(9,3)10(16)17/h8-9H,4-7H2,1-3H3,(H,16,17)(H2,14,15,18). The molecule has 1 heterocycles. The fourth-order valence-electron chi connectivity index (χ4n) is 2.48. The van der Waals surface area contributed by atoms with Gasteiger partial charge in [0.25, 0.3) is 0 Å². The van der Waals surface area contributed by atoms with Crippen LogP contribution < -0.4 is 10.6 Å². The van der Waals surface area contributed by atoms with Crippen molar-refractivity contribution in [3.63, 3.8) is 0 Å². The highest BCUT2D eigenvalue weighted by molar-refractivity contribution is 5.79. The van der Waals surface area contributed by atoms with E-state index in [4.69, 9.17) is 4.74 Å². The van der Waals surface area contributed by atoms with Crippen molar-refractivity contribution >= 4 is 12.0 Å². The molecule has 2 atom stereocenters. The molecule has 1 aliphatic heterocycles. The Hall–Kier alpha value is -1.30. The van der Waals surface area contributed by atoms with E-state index < -0.39 is 17.4 Å². The maximum absolute atomic E-state index is 12.0. The largest absolute Gasteiger partial charge is 0.481 e. The van der Waals surface area contributed by atoms with E-state index in [1.165, 1.54) is 0 Å². The third-order valence-corrected chi connectivity index (χ3v) is 4.28. The van der Waals surface area contributed by atoms with E-state index in [9.17, 15) is 14.7 Å². The number of rotatable bonds is 4. The number of urea groups is 1. The van der Waals surface area contributed by atoms with Crippen molar-refractivity contribution < 1.29 is 19.4 Å². The maximum Gasteiger partial charge on any atom is 0.315 e. The molecule has 2 amide bonds. The zero-order valence-electron chi connectivity index (χ0n) is 11.7. The van der Waals surface area contributed by atoms with Crippen molar-refractivity contribution in [2.45, 2.75) is 45.2 Å². The Morgan fingerprint density at radius 3 is 2.53 bits per heavy atom. The number of amides is 2. The summed E-state index contributed by atoms with van der Waals surface area (Å²) in [6.07, 6.45) is 2.26. The second kappa shape index (κ2) is 4.67. The first-order valence-corrected chi connectivity index (χ1v) is 6.65. The van der Waals surface area contributed by atoms with Crippen LogP contribution in [0.3, 0.4) is 0 Å². The molecule has 0 radical (unpaired) electrons. The average Bonchev–Trinajstić information content (AvgIpc) is 3.06. The van der Waals surface area contributed by atoms with Crippen LogP contribution in [0.15, 0.2) is 0 Å². The summed E-state index contributed by atoms with van der Waals surface area (Å²) in [5.41, 5.74) is -1.30. The molecule has 2 fully saturated rings. The van der Waals surface area contributed by atoms with Crippen LogP contribution in [-0.2, 0) is 9.53 Å². The highest BCUT2D eigenvalue weighted by Crippen LogP contribution is 2.39. The molecule has 2 unspecified atom stereocenters. The van der Waals surface area contributed by atoms with Crippen LogP contribution in [0.5, 0.6) is 0 Å². The van der Waals surface area contributed by atoms with Gasteiger partial charge in [-0.05, 0) is 39.5 Å². The summed E-state index contributed by atoms with van der Waals surface area (Å²) in [4.78, 5) is 23.3. The summed E-state index contributed by atoms with van der Waals surface area (Å²) in [6, 6.07) is -0.820. The molecule has 6 heteroatoms. The van der Waals surface area contributed by atoms with Gasteiger partial charge in [-0.1, -0.05) is 0 Å². The van der Waals surface area contributed by atoms with E-state index in [-0.39, 0.29) is 24.8 Å². The molecule has 0 aromatic rings. The Kier molecular flexibility index (Phi) is 3.47. The molecule has 1 saturated carbocycles.